The van der Waals surface area contributed by atoms with Gasteiger partial charge in [-0.3, -0.25) is 0 Å². The van der Waals surface area contributed by atoms with Crippen molar-refractivity contribution in [3.05, 3.63) is 23.8 Å². The van der Waals surface area contributed by atoms with E-state index >= 15 is 0 Å². The molecule has 0 radical (unpaired) electrons. The lowest BCUT2D eigenvalue weighted by Gasteiger charge is -2.14. The Bertz CT molecular complexity index is 602. The Kier molecular flexibility index (Phi) is 7.54. The van der Waals surface area contributed by atoms with E-state index in [0.717, 1.165) is 6.42 Å². The van der Waals surface area contributed by atoms with Gasteiger partial charge in [0.15, 0.2) is 0 Å². The lowest BCUT2D eigenvalue weighted by Crippen LogP contribution is -2.34. The molecule has 0 atom stereocenters. The number of carbonyl (C=O) groups is 3. The first-order valence-corrected chi connectivity index (χ1v) is 7.72. The molecule has 0 heterocycles. The van der Waals surface area contributed by atoms with Crippen molar-refractivity contribution < 1.29 is 19.1 Å². The van der Waals surface area contributed by atoms with Gasteiger partial charge in [-0.25, -0.2) is 14.4 Å². The summed E-state index contributed by atoms with van der Waals surface area (Å²) in [7, 11) is 1.25. The van der Waals surface area contributed by atoms with E-state index in [1.54, 1.807) is 6.07 Å². The normalized spacial score (nSPS) is 10.0. The van der Waals surface area contributed by atoms with Gasteiger partial charge in [0.1, 0.15) is 0 Å². The molecule has 0 fully saturated rings. The van der Waals surface area contributed by atoms with Gasteiger partial charge in [0.25, 0.3) is 0 Å². The van der Waals surface area contributed by atoms with Crippen LogP contribution in [0.2, 0.25) is 0 Å². The van der Waals surface area contributed by atoms with Crippen molar-refractivity contribution in [1.82, 2.24) is 10.6 Å². The predicted molar refractivity (Wildman–Crippen MR) is 92.4 cm³/mol. The van der Waals surface area contributed by atoms with E-state index in [-0.39, 0.29) is 23.3 Å². The summed E-state index contributed by atoms with van der Waals surface area (Å²) in [5.74, 6) is -0.586. The summed E-state index contributed by atoms with van der Waals surface area (Å²) >= 11 is 0. The summed E-state index contributed by atoms with van der Waals surface area (Å²) in [4.78, 5) is 35.4. The van der Waals surface area contributed by atoms with Crippen LogP contribution < -0.4 is 21.3 Å². The Morgan fingerprint density at radius 2 is 1.83 bits per heavy atom. The van der Waals surface area contributed by atoms with E-state index in [1.165, 1.54) is 19.2 Å². The number of urea groups is 2. The number of benzene rings is 1. The van der Waals surface area contributed by atoms with Gasteiger partial charge < -0.3 is 26.0 Å². The molecule has 0 saturated carbocycles. The first-order valence-electron chi connectivity index (χ1n) is 7.72. The second-order valence-corrected chi connectivity index (χ2v) is 5.39. The summed E-state index contributed by atoms with van der Waals surface area (Å²) in [5.41, 5.74) is 0.875. The molecule has 24 heavy (non-hydrogen) atoms. The molecule has 0 aliphatic carbocycles. The van der Waals surface area contributed by atoms with Gasteiger partial charge >= 0.3 is 18.0 Å². The van der Waals surface area contributed by atoms with Crippen molar-refractivity contribution in [2.75, 3.05) is 24.3 Å². The zero-order chi connectivity index (χ0) is 18.1. The van der Waals surface area contributed by atoms with E-state index < -0.39 is 12.0 Å². The zero-order valence-corrected chi connectivity index (χ0v) is 14.4. The highest BCUT2D eigenvalue weighted by molar-refractivity contribution is 6.02. The van der Waals surface area contributed by atoms with Crippen molar-refractivity contribution in [2.45, 2.75) is 33.2 Å². The van der Waals surface area contributed by atoms with Crippen LogP contribution in [0, 0.1) is 0 Å². The third-order valence-electron chi connectivity index (χ3n) is 2.89. The highest BCUT2D eigenvalue weighted by Crippen LogP contribution is 2.22. The first-order chi connectivity index (χ1) is 11.4. The van der Waals surface area contributed by atoms with Crippen LogP contribution in [0.25, 0.3) is 0 Å². The largest absolute Gasteiger partial charge is 0.465 e. The number of ether oxygens (including phenoxy) is 1. The summed E-state index contributed by atoms with van der Waals surface area (Å²) in [6.07, 6.45) is 0.816. The van der Waals surface area contributed by atoms with Gasteiger partial charge in [0.05, 0.1) is 18.4 Å². The molecule has 0 unspecified atom stereocenters. The smallest absolute Gasteiger partial charge is 0.339 e. The van der Waals surface area contributed by atoms with Gasteiger partial charge in [-0.05, 0) is 38.5 Å². The van der Waals surface area contributed by atoms with E-state index in [9.17, 15) is 14.4 Å². The zero-order valence-electron chi connectivity index (χ0n) is 14.4. The molecule has 0 spiro atoms. The number of esters is 1. The van der Waals surface area contributed by atoms with E-state index in [4.69, 9.17) is 4.74 Å². The fourth-order valence-electron chi connectivity index (χ4n) is 1.85. The maximum Gasteiger partial charge on any atom is 0.339 e. The fourth-order valence-corrected chi connectivity index (χ4v) is 1.85. The summed E-state index contributed by atoms with van der Waals surface area (Å²) in [6, 6.07) is 3.66. The van der Waals surface area contributed by atoms with Crippen molar-refractivity contribution in [1.29, 1.82) is 0 Å². The van der Waals surface area contributed by atoms with Crippen LogP contribution in [0.3, 0.4) is 0 Å². The molecule has 1 aromatic rings. The molecule has 4 N–H and O–H groups in total. The standard InChI is InChI=1S/C16H24N4O4/c1-5-8-17-15(22)19-11-6-7-12(14(21)24-4)13(9-11)20-16(23)18-10(2)3/h6-7,9-10H,5,8H2,1-4H3,(H2,17,19,22)(H2,18,20,23). The average molecular weight is 336 g/mol. The number of carbonyl (C=O) groups excluding carboxylic acids is 3. The van der Waals surface area contributed by atoms with E-state index in [1.807, 2.05) is 20.8 Å². The van der Waals surface area contributed by atoms with Gasteiger partial charge in [-0.15, -0.1) is 0 Å². The molecule has 8 nitrogen and oxygen atoms in total. The van der Waals surface area contributed by atoms with Crippen molar-refractivity contribution in [3.8, 4) is 0 Å². The molecule has 1 rings (SSSR count). The minimum absolute atomic E-state index is 0.0623. The minimum Gasteiger partial charge on any atom is -0.465 e. The molecule has 4 amide bonds. The van der Waals surface area contributed by atoms with Crippen molar-refractivity contribution in [2.24, 2.45) is 0 Å². The molecule has 8 heteroatoms. The molecular weight excluding hydrogens is 312 g/mol. The highest BCUT2D eigenvalue weighted by atomic mass is 16.5. The van der Waals surface area contributed by atoms with Gasteiger partial charge in [0.2, 0.25) is 0 Å². The van der Waals surface area contributed by atoms with E-state index in [2.05, 4.69) is 21.3 Å². The third kappa shape index (κ3) is 6.15. The Morgan fingerprint density at radius 3 is 2.42 bits per heavy atom. The number of hydrogen-bond donors (Lipinski definition) is 4. The fraction of sp³-hybridized carbons (Fsp3) is 0.438. The summed E-state index contributed by atoms with van der Waals surface area (Å²) in [6.45, 7) is 6.13. The predicted octanol–water partition coefficient (Wildman–Crippen LogP) is 2.53. The quantitative estimate of drug-likeness (QED) is 0.599. The maximum atomic E-state index is 11.9. The average Bonchev–Trinajstić information content (AvgIpc) is 2.51. The Hall–Kier alpha value is -2.77. The van der Waals surface area contributed by atoms with Crippen molar-refractivity contribution in [3.63, 3.8) is 0 Å². The molecular formula is C16H24N4O4. The third-order valence-corrected chi connectivity index (χ3v) is 2.89. The number of hydrogen-bond acceptors (Lipinski definition) is 4. The van der Waals surface area contributed by atoms with Crippen LogP contribution in [0.15, 0.2) is 18.2 Å². The van der Waals surface area contributed by atoms with Crippen LogP contribution in [-0.2, 0) is 4.74 Å². The number of rotatable bonds is 6. The number of amides is 4. The summed E-state index contributed by atoms with van der Waals surface area (Å²) < 4.78 is 4.70. The second-order valence-electron chi connectivity index (χ2n) is 5.39. The first kappa shape index (κ1) is 19.3. The summed E-state index contributed by atoms with van der Waals surface area (Å²) in [5, 5.41) is 10.6. The molecule has 1 aromatic carbocycles. The SMILES string of the molecule is CCCNC(=O)Nc1ccc(C(=O)OC)c(NC(=O)NC(C)C)c1. The van der Waals surface area contributed by atoms with Crippen LogP contribution in [-0.4, -0.2) is 37.7 Å². The van der Waals surface area contributed by atoms with Crippen LogP contribution in [0.4, 0.5) is 21.0 Å². The molecule has 0 aromatic heterocycles. The highest BCUT2D eigenvalue weighted by Gasteiger charge is 2.15. The van der Waals surface area contributed by atoms with Crippen molar-refractivity contribution >= 4 is 29.4 Å². The molecule has 132 valence electrons. The number of nitrogens with one attached hydrogen (secondary N) is 4. The minimum atomic E-state index is -0.586. The molecule has 0 aliphatic rings. The Balaban J connectivity index is 2.97. The van der Waals surface area contributed by atoms with Gasteiger partial charge in [-0.2, -0.15) is 0 Å². The van der Waals surface area contributed by atoms with E-state index in [0.29, 0.717) is 12.2 Å². The molecule has 0 saturated heterocycles. The number of anilines is 2. The Morgan fingerprint density at radius 1 is 1.12 bits per heavy atom. The topological polar surface area (TPSA) is 109 Å². The molecule has 0 aliphatic heterocycles. The van der Waals surface area contributed by atoms with Crippen LogP contribution in [0.5, 0.6) is 0 Å². The second kappa shape index (κ2) is 9.39. The maximum absolute atomic E-state index is 11.9. The molecule has 0 bridgehead atoms. The lowest BCUT2D eigenvalue weighted by atomic mass is 10.1. The number of methoxy groups -OCH3 is 1. The monoisotopic (exact) mass is 336 g/mol. The lowest BCUT2D eigenvalue weighted by molar-refractivity contribution is 0.0602. The van der Waals surface area contributed by atoms with Crippen LogP contribution >= 0.6 is 0 Å². The van der Waals surface area contributed by atoms with Gasteiger partial charge in [-0.1, -0.05) is 6.92 Å². The Labute approximate surface area is 141 Å². The van der Waals surface area contributed by atoms with Gasteiger partial charge in [0, 0.05) is 18.3 Å². The van der Waals surface area contributed by atoms with Crippen LogP contribution in [0.1, 0.15) is 37.6 Å².